The van der Waals surface area contributed by atoms with E-state index in [4.69, 9.17) is 25.3 Å². The topological polar surface area (TPSA) is 190 Å². The van der Waals surface area contributed by atoms with Gasteiger partial charge >= 0.3 is 0 Å². The van der Waals surface area contributed by atoms with Gasteiger partial charge in [-0.15, -0.1) is 0 Å². The fraction of sp³-hybridized carbons (Fsp3) is 0.111. The van der Waals surface area contributed by atoms with E-state index in [1.54, 1.807) is 7.11 Å². The molecule has 0 aromatic heterocycles. The summed E-state index contributed by atoms with van der Waals surface area (Å²) in [6, 6.07) is 9.27. The highest BCUT2D eigenvalue weighted by Crippen LogP contribution is 2.34. The number of nitrogens with two attached hydrogens (primary N) is 2. The Balaban J connectivity index is 0.000000269. The van der Waals surface area contributed by atoms with Gasteiger partial charge in [0.2, 0.25) is 0 Å². The molecule has 0 unspecified atom stereocenters. The van der Waals surface area contributed by atoms with E-state index >= 15 is 0 Å². The molecule has 0 spiro atoms. The second-order valence-corrected chi connectivity index (χ2v) is 9.09. The van der Waals surface area contributed by atoms with Gasteiger partial charge in [0.1, 0.15) is 11.5 Å². The van der Waals surface area contributed by atoms with Gasteiger partial charge in [0.15, 0.2) is 0 Å². The number of rotatable bonds is 3. The number of anilines is 2. The molecule has 0 atom stereocenters. The van der Waals surface area contributed by atoms with E-state index in [2.05, 4.69) is 0 Å². The summed E-state index contributed by atoms with van der Waals surface area (Å²) < 4.78 is 67.1. The smallest absolute Gasteiger partial charge is 0.294 e. The van der Waals surface area contributed by atoms with E-state index in [1.165, 1.54) is 0 Å². The predicted octanol–water partition coefficient (Wildman–Crippen LogP) is 2.21. The summed E-state index contributed by atoms with van der Waals surface area (Å²) in [6.45, 7) is 2.00. The van der Waals surface area contributed by atoms with Crippen LogP contribution < -0.4 is 16.2 Å². The summed E-state index contributed by atoms with van der Waals surface area (Å²) in [5.74, 6) is 0.195. The molecular formula is C18H20N2O8S2. The van der Waals surface area contributed by atoms with E-state index in [-0.39, 0.29) is 16.5 Å². The van der Waals surface area contributed by atoms with Crippen molar-refractivity contribution in [2.24, 2.45) is 0 Å². The van der Waals surface area contributed by atoms with Crippen molar-refractivity contribution in [3.8, 4) is 11.5 Å². The molecule has 3 aromatic carbocycles. The molecule has 0 saturated carbocycles. The highest BCUT2D eigenvalue weighted by Gasteiger charge is 2.18. The summed E-state index contributed by atoms with van der Waals surface area (Å²) in [4.78, 5) is -1.19. The molecule has 0 saturated heterocycles. The Labute approximate surface area is 173 Å². The van der Waals surface area contributed by atoms with Crippen LogP contribution in [0.5, 0.6) is 11.5 Å². The lowest BCUT2D eigenvalue weighted by Crippen LogP contribution is -2.02. The average Bonchev–Trinajstić information content (AvgIpc) is 2.60. The van der Waals surface area contributed by atoms with Crippen molar-refractivity contribution < 1.29 is 35.8 Å². The maximum Gasteiger partial charge on any atom is 0.294 e. The van der Waals surface area contributed by atoms with Crippen molar-refractivity contribution >= 4 is 42.4 Å². The molecule has 0 fully saturated rings. The van der Waals surface area contributed by atoms with Crippen LogP contribution in [0.1, 0.15) is 5.56 Å². The van der Waals surface area contributed by atoms with Crippen molar-refractivity contribution in [1.29, 1.82) is 0 Å². The molecule has 0 aliphatic rings. The molecule has 162 valence electrons. The summed E-state index contributed by atoms with van der Waals surface area (Å²) in [5.41, 5.74) is 12.8. The Morgan fingerprint density at radius 3 is 1.83 bits per heavy atom. The number of aryl methyl sites for hydroxylation is 1. The summed E-state index contributed by atoms with van der Waals surface area (Å²) in [6.07, 6.45) is 0. The molecule has 7 N–H and O–H groups in total. The lowest BCUT2D eigenvalue weighted by atomic mass is 10.1. The number of ether oxygens (including phenoxy) is 1. The van der Waals surface area contributed by atoms with Crippen molar-refractivity contribution in [3.05, 3.63) is 48.0 Å². The highest BCUT2D eigenvalue weighted by atomic mass is 32.2. The van der Waals surface area contributed by atoms with Crippen molar-refractivity contribution in [1.82, 2.24) is 0 Å². The van der Waals surface area contributed by atoms with E-state index in [0.717, 1.165) is 35.6 Å². The Morgan fingerprint density at radius 2 is 1.37 bits per heavy atom. The van der Waals surface area contributed by atoms with E-state index < -0.39 is 35.8 Å². The van der Waals surface area contributed by atoms with Gasteiger partial charge in [-0.25, -0.2) is 0 Å². The second kappa shape index (κ2) is 8.36. The first-order chi connectivity index (χ1) is 13.7. The number of phenolic OH excluding ortho intramolecular Hbond substituents is 1. The molecule has 10 nitrogen and oxygen atoms in total. The molecule has 30 heavy (non-hydrogen) atoms. The van der Waals surface area contributed by atoms with Gasteiger partial charge < -0.3 is 21.3 Å². The molecule has 0 aliphatic heterocycles. The minimum absolute atomic E-state index is 0.00444. The molecule has 0 bridgehead atoms. The summed E-state index contributed by atoms with van der Waals surface area (Å²) in [7, 11) is -7.53. The van der Waals surface area contributed by atoms with Gasteiger partial charge in [-0.3, -0.25) is 9.11 Å². The number of benzene rings is 3. The Hall–Kier alpha value is -3.06. The first-order valence-electron chi connectivity index (χ1n) is 8.15. The van der Waals surface area contributed by atoms with Crippen molar-refractivity contribution in [2.45, 2.75) is 16.7 Å². The number of methoxy groups -OCH3 is 1. The van der Waals surface area contributed by atoms with E-state index in [0.29, 0.717) is 5.69 Å². The van der Waals surface area contributed by atoms with E-state index in [1.807, 2.05) is 25.1 Å². The Bertz CT molecular complexity index is 1250. The highest BCUT2D eigenvalue weighted by molar-refractivity contribution is 7.86. The van der Waals surface area contributed by atoms with Gasteiger partial charge in [0.05, 0.1) is 22.6 Å². The fourth-order valence-electron chi connectivity index (χ4n) is 2.62. The molecule has 12 heteroatoms. The van der Waals surface area contributed by atoms with Gasteiger partial charge in [-0.1, -0.05) is 6.07 Å². The third-order valence-electron chi connectivity index (χ3n) is 3.99. The van der Waals surface area contributed by atoms with Crippen LogP contribution in [0.4, 0.5) is 11.4 Å². The van der Waals surface area contributed by atoms with Crippen LogP contribution in [0.3, 0.4) is 0 Å². The van der Waals surface area contributed by atoms with Crippen LogP contribution in [0.25, 0.3) is 10.8 Å². The van der Waals surface area contributed by atoms with Crippen LogP contribution in [-0.4, -0.2) is 38.2 Å². The molecule has 0 radical (unpaired) electrons. The minimum atomic E-state index is -4.59. The molecule has 0 aliphatic carbocycles. The zero-order valence-electron chi connectivity index (χ0n) is 15.9. The number of hydrogen-bond donors (Lipinski definition) is 5. The zero-order chi connectivity index (χ0) is 22.9. The lowest BCUT2D eigenvalue weighted by Gasteiger charge is -2.08. The molecule has 3 aromatic rings. The Morgan fingerprint density at radius 1 is 0.833 bits per heavy atom. The van der Waals surface area contributed by atoms with Crippen LogP contribution in [-0.2, 0) is 20.2 Å². The maximum atomic E-state index is 11.1. The van der Waals surface area contributed by atoms with Crippen LogP contribution in [0, 0.1) is 6.92 Å². The first-order valence-corrected chi connectivity index (χ1v) is 11.0. The summed E-state index contributed by atoms with van der Waals surface area (Å²) >= 11 is 0. The van der Waals surface area contributed by atoms with Crippen molar-refractivity contribution in [3.63, 3.8) is 0 Å². The summed E-state index contributed by atoms with van der Waals surface area (Å²) in [5, 5.41) is 9.66. The van der Waals surface area contributed by atoms with Crippen LogP contribution in [0.2, 0.25) is 0 Å². The SMILES string of the molecule is COc1ccc(C)cc1N.Nc1cc(S(=O)(=O)O)cc2cc(S(=O)(=O)O)cc(O)c12. The maximum absolute atomic E-state index is 11.1. The minimum Gasteiger partial charge on any atom is -0.507 e. The third-order valence-corrected chi connectivity index (χ3v) is 5.65. The lowest BCUT2D eigenvalue weighted by molar-refractivity contribution is 0.417. The quantitative estimate of drug-likeness (QED) is 0.288. The number of phenols is 1. The van der Waals surface area contributed by atoms with Gasteiger partial charge in [0, 0.05) is 17.1 Å². The second-order valence-electron chi connectivity index (χ2n) is 6.25. The number of hydrogen-bond acceptors (Lipinski definition) is 8. The normalized spacial score (nSPS) is 11.6. The molecular weight excluding hydrogens is 436 g/mol. The van der Waals surface area contributed by atoms with Gasteiger partial charge in [-0.2, -0.15) is 16.8 Å². The van der Waals surface area contributed by atoms with Crippen LogP contribution >= 0.6 is 0 Å². The molecule has 0 amide bonds. The van der Waals surface area contributed by atoms with E-state index in [9.17, 15) is 21.9 Å². The molecule has 0 heterocycles. The zero-order valence-corrected chi connectivity index (χ0v) is 17.5. The van der Waals surface area contributed by atoms with Crippen LogP contribution in [0.15, 0.2) is 52.3 Å². The Kier molecular flexibility index (Phi) is 6.47. The number of fused-ring (bicyclic) bond motifs is 1. The number of nitrogen functional groups attached to an aromatic ring is 2. The first kappa shape index (κ1) is 23.2. The fourth-order valence-corrected chi connectivity index (χ4v) is 3.71. The van der Waals surface area contributed by atoms with Gasteiger partial charge in [-0.05, 0) is 48.2 Å². The van der Waals surface area contributed by atoms with Crippen molar-refractivity contribution in [2.75, 3.05) is 18.6 Å². The largest absolute Gasteiger partial charge is 0.507 e. The third kappa shape index (κ3) is 5.30. The monoisotopic (exact) mass is 456 g/mol. The van der Waals surface area contributed by atoms with Gasteiger partial charge in [0.25, 0.3) is 20.2 Å². The molecule has 3 rings (SSSR count). The predicted molar refractivity (Wildman–Crippen MR) is 112 cm³/mol. The standard InChI is InChI=1S/C10H9NO7S2.C8H11NO/c11-8-3-6(19(13,14)15)1-5-2-7(20(16,17)18)4-9(12)10(5)8;1-6-3-4-8(10-2)7(9)5-6/h1-4,12H,11H2,(H,13,14,15)(H,16,17,18);3-5H,9H2,1-2H3. The number of aromatic hydroxyl groups is 1. The average molecular weight is 456 g/mol.